The standard InChI is InChI=1S/C11H14ClN3S/c1-7-4-2-3-5-8(7)14-11-15-10(12)9(6-13)16-11/h7-8H,2-5H2,1H3,(H,14,15). The average Bonchev–Trinajstić information content (AvgIpc) is 2.62. The molecule has 1 saturated carbocycles. The molecule has 1 N–H and O–H groups in total. The summed E-state index contributed by atoms with van der Waals surface area (Å²) in [4.78, 5) is 4.65. The van der Waals surface area contributed by atoms with Crippen LogP contribution in [0.15, 0.2) is 0 Å². The molecule has 0 aliphatic heterocycles. The lowest BCUT2D eigenvalue weighted by atomic mass is 9.86. The summed E-state index contributed by atoms with van der Waals surface area (Å²) in [5.74, 6) is 0.668. The van der Waals surface area contributed by atoms with Gasteiger partial charge in [-0.1, -0.05) is 42.7 Å². The van der Waals surface area contributed by atoms with Crippen LogP contribution in [0.4, 0.5) is 5.13 Å². The summed E-state index contributed by atoms with van der Waals surface area (Å²) in [5, 5.41) is 13.3. The van der Waals surface area contributed by atoms with E-state index in [1.54, 1.807) is 0 Å². The second-order valence-electron chi connectivity index (χ2n) is 4.26. The van der Waals surface area contributed by atoms with Gasteiger partial charge in [-0.15, -0.1) is 0 Å². The van der Waals surface area contributed by atoms with Gasteiger partial charge in [-0.2, -0.15) is 5.26 Å². The number of anilines is 1. The Morgan fingerprint density at radius 3 is 2.88 bits per heavy atom. The molecule has 0 spiro atoms. The molecule has 1 fully saturated rings. The van der Waals surface area contributed by atoms with Crippen LogP contribution in [-0.2, 0) is 0 Å². The largest absolute Gasteiger partial charge is 0.358 e. The molecule has 0 bridgehead atoms. The molecular weight excluding hydrogens is 242 g/mol. The van der Waals surface area contributed by atoms with Gasteiger partial charge in [0.05, 0.1) is 0 Å². The number of nitrogens with zero attached hydrogens (tertiary/aromatic N) is 2. The van der Waals surface area contributed by atoms with E-state index in [1.165, 1.54) is 37.0 Å². The van der Waals surface area contributed by atoms with Crippen LogP contribution in [0.25, 0.3) is 0 Å². The second-order valence-corrected chi connectivity index (χ2v) is 5.62. The predicted octanol–water partition coefficient (Wildman–Crippen LogP) is 3.66. The fraction of sp³-hybridized carbons (Fsp3) is 0.636. The monoisotopic (exact) mass is 255 g/mol. The topological polar surface area (TPSA) is 48.7 Å². The summed E-state index contributed by atoms with van der Waals surface area (Å²) >= 11 is 7.18. The molecule has 1 heterocycles. The number of aromatic nitrogens is 1. The first-order chi connectivity index (χ1) is 7.70. The summed E-state index contributed by atoms with van der Waals surface area (Å²) < 4.78 is 0. The molecule has 1 aliphatic carbocycles. The van der Waals surface area contributed by atoms with Gasteiger partial charge < -0.3 is 5.32 Å². The van der Waals surface area contributed by atoms with Crippen molar-refractivity contribution in [2.45, 2.75) is 38.6 Å². The molecule has 86 valence electrons. The highest BCUT2D eigenvalue weighted by Crippen LogP contribution is 2.31. The van der Waals surface area contributed by atoms with E-state index in [0.29, 0.717) is 22.0 Å². The molecular formula is C11H14ClN3S. The van der Waals surface area contributed by atoms with E-state index in [-0.39, 0.29) is 0 Å². The molecule has 5 heteroatoms. The molecule has 1 aromatic heterocycles. The highest BCUT2D eigenvalue weighted by atomic mass is 35.5. The zero-order valence-electron chi connectivity index (χ0n) is 9.16. The van der Waals surface area contributed by atoms with Crippen molar-refractivity contribution in [3.8, 4) is 6.07 Å². The third-order valence-corrected chi connectivity index (χ3v) is 4.38. The average molecular weight is 256 g/mol. The van der Waals surface area contributed by atoms with Crippen LogP contribution in [0, 0.1) is 17.2 Å². The fourth-order valence-corrected chi connectivity index (χ4v) is 3.13. The third-order valence-electron chi connectivity index (χ3n) is 3.11. The van der Waals surface area contributed by atoms with Gasteiger partial charge in [-0.05, 0) is 18.8 Å². The lowest BCUT2D eigenvalue weighted by Crippen LogP contribution is -2.30. The van der Waals surface area contributed by atoms with Crippen LogP contribution in [0.2, 0.25) is 5.15 Å². The van der Waals surface area contributed by atoms with Gasteiger partial charge in [0.1, 0.15) is 10.9 Å². The van der Waals surface area contributed by atoms with Crippen LogP contribution >= 0.6 is 22.9 Å². The molecule has 0 amide bonds. The smallest absolute Gasteiger partial charge is 0.185 e. The summed E-state index contributed by atoms with van der Waals surface area (Å²) in [7, 11) is 0. The Morgan fingerprint density at radius 1 is 1.50 bits per heavy atom. The van der Waals surface area contributed by atoms with Crippen LogP contribution in [-0.4, -0.2) is 11.0 Å². The summed E-state index contributed by atoms with van der Waals surface area (Å²) in [6.07, 6.45) is 5.04. The molecule has 2 rings (SSSR count). The number of hydrogen-bond acceptors (Lipinski definition) is 4. The number of nitriles is 1. The molecule has 16 heavy (non-hydrogen) atoms. The van der Waals surface area contributed by atoms with Crippen molar-refractivity contribution in [2.75, 3.05) is 5.32 Å². The Hall–Kier alpha value is -0.790. The number of halogens is 1. The minimum Gasteiger partial charge on any atom is -0.358 e. The third kappa shape index (κ3) is 2.47. The molecule has 2 atom stereocenters. The van der Waals surface area contributed by atoms with Crippen molar-refractivity contribution in [2.24, 2.45) is 5.92 Å². The maximum Gasteiger partial charge on any atom is 0.185 e. The zero-order valence-corrected chi connectivity index (χ0v) is 10.7. The van der Waals surface area contributed by atoms with E-state index >= 15 is 0 Å². The molecule has 3 nitrogen and oxygen atoms in total. The SMILES string of the molecule is CC1CCCCC1Nc1nc(Cl)c(C#N)s1. The molecule has 0 aromatic carbocycles. The van der Waals surface area contributed by atoms with Gasteiger partial charge in [0, 0.05) is 6.04 Å². The predicted molar refractivity (Wildman–Crippen MR) is 66.9 cm³/mol. The first-order valence-electron chi connectivity index (χ1n) is 5.53. The summed E-state index contributed by atoms with van der Waals surface area (Å²) in [6.45, 7) is 2.26. The Kier molecular flexibility index (Phi) is 3.67. The fourth-order valence-electron chi connectivity index (χ4n) is 2.12. The van der Waals surface area contributed by atoms with E-state index in [0.717, 1.165) is 5.13 Å². The van der Waals surface area contributed by atoms with Crippen LogP contribution in [0.1, 0.15) is 37.5 Å². The number of nitrogens with one attached hydrogen (secondary N) is 1. The maximum absolute atomic E-state index is 8.80. The Balaban J connectivity index is 2.05. The number of rotatable bonds is 2. The van der Waals surface area contributed by atoms with Gasteiger partial charge in [-0.25, -0.2) is 4.98 Å². The van der Waals surface area contributed by atoms with Crippen molar-refractivity contribution < 1.29 is 0 Å². The molecule has 0 saturated heterocycles. The Bertz CT molecular complexity index is 410. The zero-order chi connectivity index (χ0) is 11.5. The number of thiazole rings is 1. The van der Waals surface area contributed by atoms with Crippen molar-refractivity contribution >= 4 is 28.1 Å². The minimum absolute atomic E-state index is 0.318. The van der Waals surface area contributed by atoms with Gasteiger partial charge in [0.15, 0.2) is 10.3 Å². The van der Waals surface area contributed by atoms with Crippen molar-refractivity contribution in [3.63, 3.8) is 0 Å². The van der Waals surface area contributed by atoms with Gasteiger partial charge in [0.25, 0.3) is 0 Å². The van der Waals surface area contributed by atoms with Gasteiger partial charge in [-0.3, -0.25) is 0 Å². The number of hydrogen-bond donors (Lipinski definition) is 1. The summed E-state index contributed by atoms with van der Waals surface area (Å²) in [6, 6.07) is 2.52. The van der Waals surface area contributed by atoms with E-state index < -0.39 is 0 Å². The Morgan fingerprint density at radius 2 is 2.25 bits per heavy atom. The van der Waals surface area contributed by atoms with Crippen molar-refractivity contribution in [3.05, 3.63) is 10.0 Å². The first-order valence-corrected chi connectivity index (χ1v) is 6.73. The first kappa shape index (κ1) is 11.7. The Labute approximate surface area is 104 Å². The van der Waals surface area contributed by atoms with Crippen LogP contribution in [0.3, 0.4) is 0 Å². The lowest BCUT2D eigenvalue weighted by Gasteiger charge is -2.29. The normalized spacial score (nSPS) is 25.1. The lowest BCUT2D eigenvalue weighted by molar-refractivity contribution is 0.349. The second kappa shape index (κ2) is 5.03. The van der Waals surface area contributed by atoms with Crippen molar-refractivity contribution in [1.29, 1.82) is 5.26 Å². The van der Waals surface area contributed by atoms with Crippen LogP contribution in [0.5, 0.6) is 0 Å². The van der Waals surface area contributed by atoms with E-state index in [9.17, 15) is 0 Å². The van der Waals surface area contributed by atoms with E-state index in [4.69, 9.17) is 16.9 Å². The molecule has 1 aliphatic rings. The van der Waals surface area contributed by atoms with Crippen LogP contribution < -0.4 is 5.32 Å². The highest BCUT2D eigenvalue weighted by molar-refractivity contribution is 7.16. The summed E-state index contributed by atoms with van der Waals surface area (Å²) in [5.41, 5.74) is 0. The van der Waals surface area contributed by atoms with E-state index in [1.807, 2.05) is 6.07 Å². The van der Waals surface area contributed by atoms with Crippen molar-refractivity contribution in [1.82, 2.24) is 4.98 Å². The molecule has 0 radical (unpaired) electrons. The molecule has 2 unspecified atom stereocenters. The maximum atomic E-state index is 8.80. The highest BCUT2D eigenvalue weighted by Gasteiger charge is 2.22. The molecule has 1 aromatic rings. The van der Waals surface area contributed by atoms with E-state index in [2.05, 4.69) is 17.2 Å². The minimum atomic E-state index is 0.318. The quantitative estimate of drug-likeness (QED) is 0.877. The van der Waals surface area contributed by atoms with Gasteiger partial charge in [0.2, 0.25) is 0 Å². The van der Waals surface area contributed by atoms with Gasteiger partial charge >= 0.3 is 0 Å².